The summed E-state index contributed by atoms with van der Waals surface area (Å²) in [5.74, 6) is -0.682. The molecule has 0 spiro atoms. The van der Waals surface area contributed by atoms with Gasteiger partial charge in [-0.1, -0.05) is 0 Å². The zero-order valence-corrected chi connectivity index (χ0v) is 12.4. The standard InChI is InChI=1S/C14H16N2O3S/c1-4-19-14(18)11-8(2)9(3)20-13(11)16-12(17)10-6-5-7-15-10/h5-7,15H,4H2,1-3H3,(H,16,17). The number of rotatable bonds is 4. The predicted molar refractivity (Wildman–Crippen MR) is 78.5 cm³/mol. The highest BCUT2D eigenvalue weighted by Crippen LogP contribution is 2.33. The number of ether oxygens (including phenoxy) is 1. The second-order valence-corrected chi connectivity index (χ2v) is 5.47. The molecule has 2 N–H and O–H groups in total. The lowest BCUT2D eigenvalue weighted by Crippen LogP contribution is -2.15. The third-order valence-electron chi connectivity index (χ3n) is 2.93. The number of aryl methyl sites for hydroxylation is 1. The van der Waals surface area contributed by atoms with Crippen molar-refractivity contribution in [2.75, 3.05) is 11.9 Å². The molecule has 5 nitrogen and oxygen atoms in total. The first kappa shape index (κ1) is 14.3. The lowest BCUT2D eigenvalue weighted by Gasteiger charge is -2.06. The van der Waals surface area contributed by atoms with Crippen LogP contribution in [-0.2, 0) is 4.74 Å². The van der Waals surface area contributed by atoms with Gasteiger partial charge in [-0.15, -0.1) is 11.3 Å². The fourth-order valence-electron chi connectivity index (χ4n) is 1.81. The molecule has 0 aliphatic rings. The normalized spacial score (nSPS) is 10.3. The molecule has 2 heterocycles. The third kappa shape index (κ3) is 2.75. The van der Waals surface area contributed by atoms with Crippen LogP contribution in [0.25, 0.3) is 0 Å². The van der Waals surface area contributed by atoms with Crippen LogP contribution in [0.2, 0.25) is 0 Å². The van der Waals surface area contributed by atoms with Gasteiger partial charge >= 0.3 is 5.97 Å². The molecule has 0 saturated carbocycles. The van der Waals surface area contributed by atoms with E-state index in [4.69, 9.17) is 4.74 Å². The van der Waals surface area contributed by atoms with Gasteiger partial charge in [0.2, 0.25) is 0 Å². The minimum absolute atomic E-state index is 0.276. The Labute approximate surface area is 121 Å². The summed E-state index contributed by atoms with van der Waals surface area (Å²) < 4.78 is 5.04. The molecule has 6 heteroatoms. The average molecular weight is 292 g/mol. The van der Waals surface area contributed by atoms with Gasteiger partial charge < -0.3 is 15.0 Å². The Kier molecular flexibility index (Phi) is 4.24. The van der Waals surface area contributed by atoms with Crippen molar-refractivity contribution >= 4 is 28.2 Å². The van der Waals surface area contributed by atoms with Crippen LogP contribution < -0.4 is 5.32 Å². The van der Waals surface area contributed by atoms with E-state index >= 15 is 0 Å². The minimum Gasteiger partial charge on any atom is -0.462 e. The van der Waals surface area contributed by atoms with Gasteiger partial charge in [0.25, 0.3) is 5.91 Å². The van der Waals surface area contributed by atoms with E-state index in [9.17, 15) is 9.59 Å². The zero-order valence-electron chi connectivity index (χ0n) is 11.6. The molecule has 2 aromatic rings. The maximum Gasteiger partial charge on any atom is 0.341 e. The number of anilines is 1. The Morgan fingerprint density at radius 2 is 2.15 bits per heavy atom. The van der Waals surface area contributed by atoms with Gasteiger partial charge in [-0.25, -0.2) is 4.79 Å². The molecule has 1 amide bonds. The first-order valence-electron chi connectivity index (χ1n) is 6.26. The van der Waals surface area contributed by atoms with Gasteiger partial charge in [0.05, 0.1) is 12.2 Å². The monoisotopic (exact) mass is 292 g/mol. The predicted octanol–water partition coefficient (Wildman–Crippen LogP) is 3.12. The highest BCUT2D eigenvalue weighted by molar-refractivity contribution is 7.16. The van der Waals surface area contributed by atoms with Gasteiger partial charge in [-0.05, 0) is 38.5 Å². The number of thiophene rings is 1. The summed E-state index contributed by atoms with van der Waals surface area (Å²) >= 11 is 1.37. The maximum atomic E-state index is 12.0. The molecule has 0 saturated heterocycles. The number of esters is 1. The largest absolute Gasteiger partial charge is 0.462 e. The number of nitrogens with one attached hydrogen (secondary N) is 2. The molecule has 106 valence electrons. The Bertz CT molecular complexity index is 629. The number of aromatic amines is 1. The van der Waals surface area contributed by atoms with Gasteiger partial charge in [-0.3, -0.25) is 4.79 Å². The van der Waals surface area contributed by atoms with Crippen molar-refractivity contribution in [2.45, 2.75) is 20.8 Å². The molecule has 20 heavy (non-hydrogen) atoms. The van der Waals surface area contributed by atoms with E-state index in [0.717, 1.165) is 10.4 Å². The molecule has 0 aliphatic heterocycles. The fraction of sp³-hybridized carbons (Fsp3) is 0.286. The number of amides is 1. The van der Waals surface area contributed by atoms with Crippen LogP contribution in [0.1, 0.15) is 38.2 Å². The molecular weight excluding hydrogens is 276 g/mol. The van der Waals surface area contributed by atoms with Gasteiger partial charge in [0.1, 0.15) is 10.7 Å². The molecule has 0 unspecified atom stereocenters. The Hall–Kier alpha value is -2.08. The molecule has 0 bridgehead atoms. The van der Waals surface area contributed by atoms with Crippen LogP contribution in [0.15, 0.2) is 18.3 Å². The summed E-state index contributed by atoms with van der Waals surface area (Å²) in [7, 11) is 0. The average Bonchev–Trinajstić information content (AvgIpc) is 3.00. The van der Waals surface area contributed by atoms with E-state index in [1.807, 2.05) is 13.8 Å². The molecule has 0 aliphatic carbocycles. The van der Waals surface area contributed by atoms with E-state index in [1.54, 1.807) is 25.3 Å². The lowest BCUT2D eigenvalue weighted by atomic mass is 10.1. The topological polar surface area (TPSA) is 71.2 Å². The quantitative estimate of drug-likeness (QED) is 0.850. The van der Waals surface area contributed by atoms with E-state index in [0.29, 0.717) is 22.9 Å². The van der Waals surface area contributed by atoms with Crippen molar-refractivity contribution < 1.29 is 14.3 Å². The van der Waals surface area contributed by atoms with E-state index < -0.39 is 5.97 Å². The first-order chi connectivity index (χ1) is 9.54. The number of hydrogen-bond acceptors (Lipinski definition) is 4. The second-order valence-electron chi connectivity index (χ2n) is 4.25. The maximum absolute atomic E-state index is 12.0. The van der Waals surface area contributed by atoms with Crippen molar-refractivity contribution in [1.29, 1.82) is 0 Å². The summed E-state index contributed by atoms with van der Waals surface area (Å²) in [6.07, 6.45) is 1.67. The smallest absolute Gasteiger partial charge is 0.341 e. The van der Waals surface area contributed by atoms with Crippen LogP contribution in [0.3, 0.4) is 0 Å². The first-order valence-corrected chi connectivity index (χ1v) is 7.08. The Balaban J connectivity index is 2.30. The number of hydrogen-bond donors (Lipinski definition) is 2. The second kappa shape index (κ2) is 5.92. The highest BCUT2D eigenvalue weighted by Gasteiger charge is 2.22. The van der Waals surface area contributed by atoms with E-state index in [-0.39, 0.29) is 5.91 Å². The van der Waals surface area contributed by atoms with Gasteiger partial charge in [0, 0.05) is 11.1 Å². The molecule has 0 aromatic carbocycles. The summed E-state index contributed by atoms with van der Waals surface area (Å²) in [6, 6.07) is 3.42. The van der Waals surface area contributed by atoms with Gasteiger partial charge in [-0.2, -0.15) is 0 Å². The van der Waals surface area contributed by atoms with Crippen molar-refractivity contribution in [3.63, 3.8) is 0 Å². The molecule has 0 fully saturated rings. The van der Waals surface area contributed by atoms with Crippen LogP contribution in [0.5, 0.6) is 0 Å². The van der Waals surface area contributed by atoms with Crippen LogP contribution in [0, 0.1) is 13.8 Å². The van der Waals surface area contributed by atoms with Crippen molar-refractivity contribution in [1.82, 2.24) is 4.98 Å². The summed E-state index contributed by atoms with van der Waals surface area (Å²) in [6.45, 7) is 5.82. The molecule has 0 radical (unpaired) electrons. The molecule has 0 atom stereocenters. The lowest BCUT2D eigenvalue weighted by molar-refractivity contribution is 0.0527. The van der Waals surface area contributed by atoms with Crippen LogP contribution in [0.4, 0.5) is 5.00 Å². The molecule has 2 rings (SSSR count). The van der Waals surface area contributed by atoms with Crippen molar-refractivity contribution in [2.24, 2.45) is 0 Å². The third-order valence-corrected chi connectivity index (χ3v) is 4.06. The van der Waals surface area contributed by atoms with Crippen LogP contribution in [-0.4, -0.2) is 23.5 Å². The highest BCUT2D eigenvalue weighted by atomic mass is 32.1. The van der Waals surface area contributed by atoms with Gasteiger partial charge in [0.15, 0.2) is 0 Å². The number of carbonyl (C=O) groups is 2. The summed E-state index contributed by atoms with van der Waals surface area (Å²) in [4.78, 5) is 27.8. The molecule has 2 aromatic heterocycles. The number of aromatic nitrogens is 1. The number of H-pyrrole nitrogens is 1. The van der Waals surface area contributed by atoms with E-state index in [1.165, 1.54) is 11.3 Å². The van der Waals surface area contributed by atoms with E-state index in [2.05, 4.69) is 10.3 Å². The summed E-state index contributed by atoms with van der Waals surface area (Å²) in [5.41, 5.74) is 1.73. The SMILES string of the molecule is CCOC(=O)c1c(NC(=O)c2ccc[nH]2)sc(C)c1C. The minimum atomic E-state index is -0.406. The number of carbonyl (C=O) groups excluding carboxylic acids is 2. The Morgan fingerprint density at radius 1 is 1.40 bits per heavy atom. The zero-order chi connectivity index (χ0) is 14.7. The Morgan fingerprint density at radius 3 is 2.75 bits per heavy atom. The van der Waals surface area contributed by atoms with Crippen LogP contribution >= 0.6 is 11.3 Å². The van der Waals surface area contributed by atoms with Crippen molar-refractivity contribution in [3.8, 4) is 0 Å². The summed E-state index contributed by atoms with van der Waals surface area (Å²) in [5, 5.41) is 3.29. The molecular formula is C14H16N2O3S. The fourth-order valence-corrected chi connectivity index (χ4v) is 2.85. The van der Waals surface area contributed by atoms with Crippen molar-refractivity contribution in [3.05, 3.63) is 40.0 Å².